The van der Waals surface area contributed by atoms with Crippen molar-refractivity contribution >= 4 is 34.6 Å². The van der Waals surface area contributed by atoms with Crippen molar-refractivity contribution in [3.05, 3.63) is 83.5 Å². The highest BCUT2D eigenvalue weighted by atomic mass is 79.9. The number of hydrogen-bond donors (Lipinski definition) is 3. The Labute approximate surface area is 221 Å². The van der Waals surface area contributed by atoms with E-state index in [2.05, 4.69) is 66.0 Å². The van der Waals surface area contributed by atoms with E-state index in [1.54, 1.807) is 18.3 Å². The van der Waals surface area contributed by atoms with Crippen molar-refractivity contribution < 1.29 is 29.2 Å². The molecular formula is C27H32BrNO6Si. The second-order valence-electron chi connectivity index (χ2n) is 9.90. The van der Waals surface area contributed by atoms with Gasteiger partial charge in [-0.3, -0.25) is 0 Å². The molecule has 1 saturated heterocycles. The van der Waals surface area contributed by atoms with Gasteiger partial charge in [0.2, 0.25) is 12.2 Å². The van der Waals surface area contributed by atoms with E-state index in [0.717, 1.165) is 10.4 Å². The number of hydrogen-bond acceptors (Lipinski definition) is 7. The van der Waals surface area contributed by atoms with Crippen LogP contribution in [-0.2, 0) is 9.16 Å². The SMILES string of the molecule is CC(C)(C)[Si](OC[C@H]1O[C@@H](Oc2ncccc2Br)[C@H](O)[C@@H](O)[C@H]1O)(c1ccccc1)c1ccccc1. The van der Waals surface area contributed by atoms with E-state index >= 15 is 0 Å². The third kappa shape index (κ3) is 5.28. The van der Waals surface area contributed by atoms with Gasteiger partial charge in [0.15, 0.2) is 0 Å². The van der Waals surface area contributed by atoms with Gasteiger partial charge in [-0.25, -0.2) is 4.98 Å². The molecule has 3 aromatic rings. The minimum atomic E-state index is -2.90. The molecule has 1 aliphatic heterocycles. The van der Waals surface area contributed by atoms with E-state index in [0.29, 0.717) is 4.47 Å². The number of pyridine rings is 1. The van der Waals surface area contributed by atoms with E-state index in [9.17, 15) is 15.3 Å². The molecule has 36 heavy (non-hydrogen) atoms. The second kappa shape index (κ2) is 11.1. The van der Waals surface area contributed by atoms with Crippen LogP contribution in [0.3, 0.4) is 0 Å². The number of halogens is 1. The van der Waals surface area contributed by atoms with Crippen LogP contribution in [-0.4, -0.2) is 65.9 Å². The lowest BCUT2D eigenvalue weighted by molar-refractivity contribution is -0.277. The summed E-state index contributed by atoms with van der Waals surface area (Å²) in [4.78, 5) is 4.14. The standard InChI is InChI=1S/C27H32BrNO6Si/c1-27(2,3)36(18-11-6-4-7-12-18,19-13-8-5-9-14-19)33-17-21-22(30)23(31)24(32)26(34-21)35-25-20(28)15-10-16-29-25/h4-16,21-24,26,30-32H,17H2,1-3H3/t21-,22+,23+,24-,26+/m1/s1. The molecule has 5 atom stereocenters. The lowest BCUT2D eigenvalue weighted by Gasteiger charge is -2.45. The highest BCUT2D eigenvalue weighted by molar-refractivity contribution is 9.10. The summed E-state index contributed by atoms with van der Waals surface area (Å²) in [5.41, 5.74) is 0. The van der Waals surface area contributed by atoms with Gasteiger partial charge in [0.25, 0.3) is 8.32 Å². The summed E-state index contributed by atoms with van der Waals surface area (Å²) in [6.07, 6.45) is -4.98. The number of ether oxygens (including phenoxy) is 2. The summed E-state index contributed by atoms with van der Waals surface area (Å²) in [5, 5.41) is 33.9. The Morgan fingerprint density at radius 1 is 0.861 bits per heavy atom. The Morgan fingerprint density at radius 2 is 1.44 bits per heavy atom. The van der Waals surface area contributed by atoms with Crippen molar-refractivity contribution in [2.75, 3.05) is 6.61 Å². The molecule has 0 radical (unpaired) electrons. The van der Waals surface area contributed by atoms with Crippen molar-refractivity contribution in [1.29, 1.82) is 0 Å². The summed E-state index contributed by atoms with van der Waals surface area (Å²) < 4.78 is 19.2. The molecule has 192 valence electrons. The molecule has 1 aliphatic rings. The molecule has 1 aromatic heterocycles. The van der Waals surface area contributed by atoms with Gasteiger partial charge in [0.05, 0.1) is 11.1 Å². The maximum Gasteiger partial charge on any atom is 0.261 e. The number of aliphatic hydroxyl groups excluding tert-OH is 3. The third-order valence-electron chi connectivity index (χ3n) is 6.50. The van der Waals surface area contributed by atoms with E-state index in [4.69, 9.17) is 13.9 Å². The smallest absolute Gasteiger partial charge is 0.261 e. The predicted molar refractivity (Wildman–Crippen MR) is 143 cm³/mol. The molecule has 0 spiro atoms. The molecule has 1 fully saturated rings. The molecule has 2 heterocycles. The quantitative estimate of drug-likeness (QED) is 0.373. The first-order valence-electron chi connectivity index (χ1n) is 11.9. The Balaban J connectivity index is 1.65. The lowest BCUT2D eigenvalue weighted by atomic mass is 9.99. The van der Waals surface area contributed by atoms with Gasteiger partial charge >= 0.3 is 0 Å². The molecule has 7 nitrogen and oxygen atoms in total. The van der Waals surface area contributed by atoms with Gasteiger partial charge in [-0.2, -0.15) is 0 Å². The third-order valence-corrected chi connectivity index (χ3v) is 12.1. The predicted octanol–water partition coefficient (Wildman–Crippen LogP) is 2.61. The Morgan fingerprint density at radius 3 is 1.97 bits per heavy atom. The fourth-order valence-electron chi connectivity index (χ4n) is 4.69. The monoisotopic (exact) mass is 573 g/mol. The van der Waals surface area contributed by atoms with Crippen LogP contribution in [0, 0.1) is 0 Å². The number of aliphatic hydroxyl groups is 3. The minimum Gasteiger partial charge on any atom is -0.444 e. The zero-order chi connectivity index (χ0) is 25.9. The van der Waals surface area contributed by atoms with E-state index < -0.39 is 39.0 Å². The molecule has 0 bridgehead atoms. The average molecular weight is 575 g/mol. The summed E-state index contributed by atoms with van der Waals surface area (Å²) >= 11 is 3.36. The van der Waals surface area contributed by atoms with Crippen molar-refractivity contribution in [3.8, 4) is 5.88 Å². The van der Waals surface area contributed by atoms with Gasteiger partial charge in [0, 0.05) is 6.20 Å². The number of rotatable bonds is 7. The number of benzene rings is 2. The molecular weight excluding hydrogens is 542 g/mol. The Bertz CT molecular complexity index is 1090. The summed E-state index contributed by atoms with van der Waals surface area (Å²) in [7, 11) is -2.90. The maximum absolute atomic E-state index is 10.8. The normalized spacial score (nSPS) is 24.9. The van der Waals surface area contributed by atoms with Crippen molar-refractivity contribution in [2.45, 2.75) is 56.5 Å². The zero-order valence-electron chi connectivity index (χ0n) is 20.5. The van der Waals surface area contributed by atoms with Crippen LogP contribution in [0.25, 0.3) is 0 Å². The Kier molecular flexibility index (Phi) is 8.31. The van der Waals surface area contributed by atoms with Gasteiger partial charge < -0.3 is 29.2 Å². The highest BCUT2D eigenvalue weighted by Gasteiger charge is 2.52. The van der Waals surface area contributed by atoms with E-state index in [1.807, 2.05) is 36.4 Å². The van der Waals surface area contributed by atoms with Gasteiger partial charge in [-0.05, 0) is 43.5 Å². The average Bonchev–Trinajstić information content (AvgIpc) is 2.87. The lowest BCUT2D eigenvalue weighted by Crippen LogP contribution is -2.68. The fraction of sp³-hybridized carbons (Fsp3) is 0.370. The van der Waals surface area contributed by atoms with Crippen LogP contribution in [0.2, 0.25) is 5.04 Å². The Hall–Kier alpha value is -2.11. The van der Waals surface area contributed by atoms with Crippen molar-refractivity contribution in [2.24, 2.45) is 0 Å². The summed E-state index contributed by atoms with van der Waals surface area (Å²) in [6, 6.07) is 23.7. The van der Waals surface area contributed by atoms with Gasteiger partial charge in [0.1, 0.15) is 24.4 Å². The maximum atomic E-state index is 10.8. The first kappa shape index (κ1) is 26.9. The summed E-state index contributed by atoms with van der Waals surface area (Å²) in [5.74, 6) is 0.205. The first-order chi connectivity index (χ1) is 17.1. The molecule has 0 amide bonds. The second-order valence-corrected chi connectivity index (χ2v) is 15.1. The highest BCUT2D eigenvalue weighted by Crippen LogP contribution is 2.37. The molecule has 0 aliphatic carbocycles. The van der Waals surface area contributed by atoms with Crippen LogP contribution < -0.4 is 15.1 Å². The van der Waals surface area contributed by atoms with Crippen LogP contribution in [0.15, 0.2) is 83.5 Å². The molecule has 4 rings (SSSR count). The molecule has 0 unspecified atom stereocenters. The first-order valence-corrected chi connectivity index (χ1v) is 14.6. The molecule has 3 N–H and O–H groups in total. The largest absolute Gasteiger partial charge is 0.444 e. The van der Waals surface area contributed by atoms with Gasteiger partial charge in [-0.1, -0.05) is 81.4 Å². The summed E-state index contributed by atoms with van der Waals surface area (Å²) in [6.45, 7) is 6.45. The topological polar surface area (TPSA) is 101 Å². The van der Waals surface area contributed by atoms with E-state index in [-0.39, 0.29) is 17.5 Å². The molecule has 0 saturated carbocycles. The minimum absolute atomic E-state index is 0.0124. The van der Waals surface area contributed by atoms with Crippen LogP contribution in [0.1, 0.15) is 20.8 Å². The van der Waals surface area contributed by atoms with Crippen LogP contribution in [0.5, 0.6) is 5.88 Å². The molecule has 2 aromatic carbocycles. The fourth-order valence-corrected chi connectivity index (χ4v) is 9.61. The van der Waals surface area contributed by atoms with Gasteiger partial charge in [-0.15, -0.1) is 0 Å². The number of aromatic nitrogens is 1. The van der Waals surface area contributed by atoms with E-state index in [1.165, 1.54) is 0 Å². The molecule has 9 heteroatoms. The van der Waals surface area contributed by atoms with Crippen molar-refractivity contribution in [1.82, 2.24) is 4.98 Å². The zero-order valence-corrected chi connectivity index (χ0v) is 23.1. The van der Waals surface area contributed by atoms with Crippen LogP contribution >= 0.6 is 15.9 Å². The van der Waals surface area contributed by atoms with Crippen molar-refractivity contribution in [3.63, 3.8) is 0 Å². The number of nitrogens with zero attached hydrogens (tertiary/aromatic N) is 1. The van der Waals surface area contributed by atoms with Crippen LogP contribution in [0.4, 0.5) is 0 Å².